The van der Waals surface area contributed by atoms with Crippen LogP contribution in [0.2, 0.25) is 0 Å². The second kappa shape index (κ2) is 4.54. The molecule has 0 N–H and O–H groups in total. The highest BCUT2D eigenvalue weighted by molar-refractivity contribution is 5.01. The molecule has 72 valence electrons. The van der Waals surface area contributed by atoms with Gasteiger partial charge in [0.1, 0.15) is 0 Å². The molecule has 0 aromatic carbocycles. The Hall–Kier alpha value is -0.460. The molecule has 0 aromatic heterocycles. The van der Waals surface area contributed by atoms with E-state index in [0.717, 1.165) is 13.0 Å². The number of hydrogen-bond donors (Lipinski definition) is 0. The lowest BCUT2D eigenvalue weighted by Crippen LogP contribution is -2.39. The van der Waals surface area contributed by atoms with Crippen LogP contribution < -0.4 is 0 Å². The minimum Gasteiger partial charge on any atom is -0.371 e. The molecular formula is C11H23N. The van der Waals surface area contributed by atoms with E-state index in [1.54, 1.807) is 0 Å². The van der Waals surface area contributed by atoms with Crippen molar-refractivity contribution in [2.24, 2.45) is 0 Å². The molecule has 0 saturated heterocycles. The van der Waals surface area contributed by atoms with Crippen LogP contribution in [0.1, 0.15) is 48.0 Å². The highest BCUT2D eigenvalue weighted by Crippen LogP contribution is 2.18. The zero-order valence-corrected chi connectivity index (χ0v) is 9.44. The van der Waals surface area contributed by atoms with Crippen LogP contribution in [0.15, 0.2) is 11.8 Å². The SMILES string of the molecule is CC/C=C(/C)N(CC)C(C)(C)C. The fourth-order valence-electron chi connectivity index (χ4n) is 1.66. The van der Waals surface area contributed by atoms with Crippen molar-refractivity contribution < 1.29 is 0 Å². The molecule has 0 aliphatic carbocycles. The van der Waals surface area contributed by atoms with Gasteiger partial charge in [0.2, 0.25) is 0 Å². The molecule has 1 heteroatoms. The molecule has 12 heavy (non-hydrogen) atoms. The molecule has 0 aliphatic rings. The summed E-state index contributed by atoms with van der Waals surface area (Å²) in [6, 6.07) is 0. The van der Waals surface area contributed by atoms with E-state index in [2.05, 4.69) is 52.5 Å². The zero-order valence-electron chi connectivity index (χ0n) is 9.44. The molecule has 0 rings (SSSR count). The number of hydrogen-bond acceptors (Lipinski definition) is 1. The second-order valence-corrected chi connectivity index (χ2v) is 4.17. The van der Waals surface area contributed by atoms with E-state index in [9.17, 15) is 0 Å². The van der Waals surface area contributed by atoms with E-state index in [1.807, 2.05) is 0 Å². The molecular weight excluding hydrogens is 146 g/mol. The Labute approximate surface area is 77.5 Å². The maximum atomic E-state index is 2.43. The third-order valence-electron chi connectivity index (χ3n) is 2.05. The molecule has 0 radical (unpaired) electrons. The van der Waals surface area contributed by atoms with Gasteiger partial charge in [-0.2, -0.15) is 0 Å². The molecule has 0 bridgehead atoms. The van der Waals surface area contributed by atoms with Gasteiger partial charge < -0.3 is 4.90 Å². The molecule has 0 amide bonds. The number of rotatable bonds is 3. The topological polar surface area (TPSA) is 3.24 Å². The van der Waals surface area contributed by atoms with Crippen molar-refractivity contribution in [2.75, 3.05) is 6.54 Å². The summed E-state index contributed by atoms with van der Waals surface area (Å²) in [5.41, 5.74) is 1.65. The minimum atomic E-state index is 0.254. The predicted octanol–water partition coefficient (Wildman–Crippen LogP) is 3.42. The smallest absolute Gasteiger partial charge is 0.0314 e. The summed E-state index contributed by atoms with van der Waals surface area (Å²) >= 11 is 0. The van der Waals surface area contributed by atoms with Crippen LogP contribution in [0.25, 0.3) is 0 Å². The van der Waals surface area contributed by atoms with Gasteiger partial charge in [-0.25, -0.2) is 0 Å². The van der Waals surface area contributed by atoms with Crippen LogP contribution in [0.4, 0.5) is 0 Å². The lowest BCUT2D eigenvalue weighted by Gasteiger charge is -2.37. The van der Waals surface area contributed by atoms with Gasteiger partial charge in [0.25, 0.3) is 0 Å². The summed E-state index contributed by atoms with van der Waals surface area (Å²) in [4.78, 5) is 2.43. The van der Waals surface area contributed by atoms with E-state index in [-0.39, 0.29) is 5.54 Å². The molecule has 0 aliphatic heterocycles. The molecule has 0 spiro atoms. The van der Waals surface area contributed by atoms with Gasteiger partial charge in [0.15, 0.2) is 0 Å². The molecule has 0 heterocycles. The van der Waals surface area contributed by atoms with Gasteiger partial charge >= 0.3 is 0 Å². The summed E-state index contributed by atoms with van der Waals surface area (Å²) in [6.07, 6.45) is 3.41. The molecule has 0 saturated carbocycles. The minimum absolute atomic E-state index is 0.254. The summed E-state index contributed by atoms with van der Waals surface area (Å²) in [5, 5.41) is 0. The highest BCUT2D eigenvalue weighted by Gasteiger charge is 2.18. The highest BCUT2D eigenvalue weighted by atomic mass is 15.2. The van der Waals surface area contributed by atoms with E-state index >= 15 is 0 Å². The van der Waals surface area contributed by atoms with Crippen molar-refractivity contribution in [2.45, 2.75) is 53.5 Å². The van der Waals surface area contributed by atoms with Gasteiger partial charge in [0.05, 0.1) is 0 Å². The molecule has 0 unspecified atom stereocenters. The first-order valence-corrected chi connectivity index (χ1v) is 4.87. The first-order chi connectivity index (χ1) is 5.43. The number of nitrogens with zero attached hydrogens (tertiary/aromatic N) is 1. The summed E-state index contributed by atoms with van der Waals surface area (Å²) in [5.74, 6) is 0. The second-order valence-electron chi connectivity index (χ2n) is 4.17. The summed E-state index contributed by atoms with van der Waals surface area (Å²) in [6.45, 7) is 14.4. The third-order valence-corrected chi connectivity index (χ3v) is 2.05. The normalized spacial score (nSPS) is 13.3. The van der Waals surface area contributed by atoms with Gasteiger partial charge in [-0.15, -0.1) is 0 Å². The fourth-order valence-corrected chi connectivity index (χ4v) is 1.66. The monoisotopic (exact) mass is 169 g/mol. The van der Waals surface area contributed by atoms with E-state index in [0.29, 0.717) is 0 Å². The van der Waals surface area contributed by atoms with Crippen LogP contribution in [-0.4, -0.2) is 17.0 Å². The lowest BCUT2D eigenvalue weighted by atomic mass is 10.1. The first-order valence-electron chi connectivity index (χ1n) is 4.87. The average Bonchev–Trinajstić information content (AvgIpc) is 1.85. The maximum Gasteiger partial charge on any atom is 0.0314 e. The largest absolute Gasteiger partial charge is 0.371 e. The van der Waals surface area contributed by atoms with Crippen LogP contribution in [0.5, 0.6) is 0 Å². The maximum absolute atomic E-state index is 2.43. The summed E-state index contributed by atoms with van der Waals surface area (Å²) in [7, 11) is 0. The van der Waals surface area contributed by atoms with Crippen molar-refractivity contribution in [1.82, 2.24) is 4.90 Å². The Morgan fingerprint density at radius 1 is 1.25 bits per heavy atom. The Bertz CT molecular complexity index is 151. The Kier molecular flexibility index (Phi) is 4.36. The van der Waals surface area contributed by atoms with Crippen molar-refractivity contribution >= 4 is 0 Å². The van der Waals surface area contributed by atoms with Gasteiger partial charge in [-0.3, -0.25) is 0 Å². The van der Waals surface area contributed by atoms with Crippen LogP contribution in [0, 0.1) is 0 Å². The molecule has 0 fully saturated rings. The van der Waals surface area contributed by atoms with Crippen molar-refractivity contribution in [3.05, 3.63) is 11.8 Å². The van der Waals surface area contributed by atoms with Crippen molar-refractivity contribution in [3.63, 3.8) is 0 Å². The Balaban J connectivity index is 4.46. The molecule has 1 nitrogen and oxygen atoms in total. The van der Waals surface area contributed by atoms with Crippen LogP contribution >= 0.6 is 0 Å². The standard InChI is InChI=1S/C11H23N/c1-7-9-10(3)12(8-2)11(4,5)6/h9H,7-8H2,1-6H3/b10-9-. The summed E-state index contributed by atoms with van der Waals surface area (Å²) < 4.78 is 0. The van der Waals surface area contributed by atoms with Gasteiger partial charge in [-0.05, 0) is 41.0 Å². The van der Waals surface area contributed by atoms with Crippen molar-refractivity contribution in [1.29, 1.82) is 0 Å². The van der Waals surface area contributed by atoms with E-state index in [4.69, 9.17) is 0 Å². The van der Waals surface area contributed by atoms with Gasteiger partial charge in [-0.1, -0.05) is 13.0 Å². The third kappa shape index (κ3) is 3.29. The number of allylic oxidation sites excluding steroid dienone is 2. The first kappa shape index (κ1) is 11.5. The average molecular weight is 169 g/mol. The van der Waals surface area contributed by atoms with Crippen molar-refractivity contribution in [3.8, 4) is 0 Å². The molecule has 0 aromatic rings. The molecule has 0 atom stereocenters. The van der Waals surface area contributed by atoms with E-state index in [1.165, 1.54) is 5.70 Å². The van der Waals surface area contributed by atoms with Crippen LogP contribution in [-0.2, 0) is 0 Å². The zero-order chi connectivity index (χ0) is 9.78. The van der Waals surface area contributed by atoms with E-state index < -0.39 is 0 Å². The van der Waals surface area contributed by atoms with Gasteiger partial charge in [0, 0.05) is 17.8 Å². The lowest BCUT2D eigenvalue weighted by molar-refractivity contribution is 0.194. The Morgan fingerprint density at radius 2 is 1.75 bits per heavy atom. The predicted molar refractivity (Wildman–Crippen MR) is 56.2 cm³/mol. The van der Waals surface area contributed by atoms with Crippen LogP contribution in [0.3, 0.4) is 0 Å². The quantitative estimate of drug-likeness (QED) is 0.625. The Morgan fingerprint density at radius 3 is 2.00 bits per heavy atom. The fraction of sp³-hybridized carbons (Fsp3) is 0.818.